The predicted octanol–water partition coefficient (Wildman–Crippen LogP) is 12.7. The van der Waals surface area contributed by atoms with Crippen molar-refractivity contribution in [1.82, 2.24) is 30.6 Å². The molecule has 58 heavy (non-hydrogen) atoms. The van der Waals surface area contributed by atoms with Gasteiger partial charge in [-0.3, -0.25) is 10.7 Å². The van der Waals surface area contributed by atoms with E-state index in [0.29, 0.717) is 5.70 Å². The third kappa shape index (κ3) is 35.2. The van der Waals surface area contributed by atoms with Crippen molar-refractivity contribution in [3.63, 3.8) is 0 Å². The average Bonchev–Trinajstić information content (AvgIpc) is 3.51. The zero-order valence-electron chi connectivity index (χ0n) is 40.8. The molecule has 2 aromatic rings. The maximum atomic E-state index is 7.79. The van der Waals surface area contributed by atoms with Gasteiger partial charge in [-0.2, -0.15) is 11.8 Å². The lowest BCUT2D eigenvalue weighted by Crippen LogP contribution is -2.24. The summed E-state index contributed by atoms with van der Waals surface area (Å²) >= 11 is 1.94. The normalized spacial score (nSPS) is 11.3. The molecule has 1 aliphatic rings. The number of benzene rings is 1. The number of imidazole rings is 1. The van der Waals surface area contributed by atoms with E-state index in [1.807, 2.05) is 84.9 Å². The molecule has 0 saturated heterocycles. The van der Waals surface area contributed by atoms with Crippen LogP contribution in [0.5, 0.6) is 0 Å². The standard InChI is InChI=1S/C20H38N2S.C14H21N3.C5H8.C3H7NO.3C2H6.CH5N/c1-5-18-11-8-12-19(13-9-15-22(6-2)7-3)20(17-18)21-14-10-16-23-4;1-3-4-9-14-16-12-7-5-6-8-13(12)17(14)11-10-15-2;1-3-5-4-2;1-3(2)4-5;4*1-2/h17,21H,5-16H2,1-4H3;5-8,15H,3-4,9-11H2,1-2H3;3-5H,1H2,2H3;4-5H,1H2,2H3;3*1-2H3;2H2,1H3/b;;5-4+;;;;;. The molecule has 3 rings (SSSR count). The molecule has 6 N–H and O–H groups in total. The number of hydrogen-bond donors (Lipinski definition) is 5. The van der Waals surface area contributed by atoms with E-state index in [4.69, 9.17) is 10.2 Å². The van der Waals surface area contributed by atoms with Gasteiger partial charge in [0.05, 0.1) is 11.0 Å². The molecule has 1 heterocycles. The number of hydroxylamine groups is 1. The van der Waals surface area contributed by atoms with Crippen molar-refractivity contribution >= 4 is 22.8 Å². The first-order valence-electron chi connectivity index (χ1n) is 22.6. The van der Waals surface area contributed by atoms with Gasteiger partial charge in [-0.1, -0.05) is 125 Å². The SMILES string of the molecule is C=C(C)NO.C=C/C=C/C.CC.CC.CC.CCC1=CC(NCCCSC)=C(CCCN(CC)CC)CCC1.CCCCc1nc2ccccc2n1CCNC.CN. The van der Waals surface area contributed by atoms with Crippen LogP contribution in [0.25, 0.3) is 11.0 Å². The number of aromatic nitrogens is 2. The van der Waals surface area contributed by atoms with Gasteiger partial charge in [0, 0.05) is 37.4 Å². The first-order chi connectivity index (χ1) is 28.3. The summed E-state index contributed by atoms with van der Waals surface area (Å²) in [5.41, 5.74) is 14.0. The fraction of sp³-hybridized carbons (Fsp3) is 0.653. The van der Waals surface area contributed by atoms with Crippen molar-refractivity contribution in [3.05, 3.63) is 90.1 Å². The van der Waals surface area contributed by atoms with Crippen molar-refractivity contribution in [2.45, 2.75) is 154 Å². The number of nitrogens with two attached hydrogens (primary N) is 1. The zero-order valence-corrected chi connectivity index (χ0v) is 41.6. The van der Waals surface area contributed by atoms with Crippen molar-refractivity contribution in [2.75, 3.05) is 58.8 Å². The van der Waals surface area contributed by atoms with E-state index in [9.17, 15) is 0 Å². The summed E-state index contributed by atoms with van der Waals surface area (Å²) in [4.78, 5) is 7.28. The van der Waals surface area contributed by atoms with Crippen LogP contribution >= 0.6 is 11.8 Å². The molecule has 0 spiro atoms. The molecule has 0 fully saturated rings. The quantitative estimate of drug-likeness (QED) is 0.0511. The van der Waals surface area contributed by atoms with Gasteiger partial charge in [-0.15, -0.1) is 0 Å². The van der Waals surface area contributed by atoms with Gasteiger partial charge in [-0.25, -0.2) is 4.98 Å². The van der Waals surface area contributed by atoms with Crippen LogP contribution in [0.15, 0.2) is 84.3 Å². The molecule has 0 atom stereocenters. The Labute approximate surface area is 365 Å². The highest BCUT2D eigenvalue weighted by atomic mass is 32.2. The maximum absolute atomic E-state index is 7.79. The lowest BCUT2D eigenvalue weighted by molar-refractivity contribution is 0.201. The minimum absolute atomic E-state index is 0.560. The smallest absolute Gasteiger partial charge is 0.109 e. The molecule has 1 aromatic carbocycles. The third-order valence-electron chi connectivity index (χ3n) is 8.44. The first-order valence-corrected chi connectivity index (χ1v) is 24.0. The molecule has 0 radical (unpaired) electrons. The molecule has 0 saturated carbocycles. The molecule has 0 aliphatic heterocycles. The summed E-state index contributed by atoms with van der Waals surface area (Å²) in [6.45, 7) is 38.1. The fourth-order valence-electron chi connectivity index (χ4n) is 5.51. The van der Waals surface area contributed by atoms with E-state index in [-0.39, 0.29) is 0 Å². The number of allylic oxidation sites excluding steroid dienone is 7. The first kappa shape index (κ1) is 64.3. The number of unbranched alkanes of at least 4 members (excludes halogenated alkanes) is 1. The highest BCUT2D eigenvalue weighted by Crippen LogP contribution is 2.26. The van der Waals surface area contributed by atoms with Crippen molar-refractivity contribution in [2.24, 2.45) is 5.73 Å². The second-order valence-corrected chi connectivity index (χ2v) is 13.4. The van der Waals surface area contributed by atoms with E-state index in [2.05, 4.69) is 103 Å². The monoisotopic (exact) mass is 832 g/mol. The van der Waals surface area contributed by atoms with E-state index in [0.717, 1.165) is 31.6 Å². The number of para-hydroxylation sites is 2. The van der Waals surface area contributed by atoms with Crippen LogP contribution in [0.4, 0.5) is 0 Å². The Morgan fingerprint density at radius 1 is 0.966 bits per heavy atom. The van der Waals surface area contributed by atoms with Gasteiger partial charge in [0.15, 0.2) is 0 Å². The fourth-order valence-corrected chi connectivity index (χ4v) is 5.95. The van der Waals surface area contributed by atoms with Gasteiger partial charge in [0.1, 0.15) is 5.82 Å². The molecular weight excluding hydrogens is 735 g/mol. The van der Waals surface area contributed by atoms with E-state index < -0.39 is 0 Å². The summed E-state index contributed by atoms with van der Waals surface area (Å²) < 4.78 is 2.35. The lowest BCUT2D eigenvalue weighted by Gasteiger charge is -2.19. The van der Waals surface area contributed by atoms with E-state index in [1.54, 1.807) is 24.1 Å². The lowest BCUT2D eigenvalue weighted by atomic mass is 10.0. The average molecular weight is 832 g/mol. The van der Waals surface area contributed by atoms with Gasteiger partial charge >= 0.3 is 0 Å². The van der Waals surface area contributed by atoms with Crippen LogP contribution < -0.4 is 21.8 Å². The largest absolute Gasteiger partial charge is 0.385 e. The van der Waals surface area contributed by atoms with Crippen molar-refractivity contribution < 1.29 is 5.21 Å². The number of fused-ring (bicyclic) bond motifs is 1. The van der Waals surface area contributed by atoms with Gasteiger partial charge in [-0.05, 0) is 135 Å². The highest BCUT2D eigenvalue weighted by molar-refractivity contribution is 7.98. The van der Waals surface area contributed by atoms with Crippen LogP contribution in [-0.4, -0.2) is 78.5 Å². The zero-order chi connectivity index (χ0) is 45.4. The Hall–Kier alpha value is -2.82. The summed E-state index contributed by atoms with van der Waals surface area (Å²) in [7, 11) is 3.49. The number of hydrogen-bond acceptors (Lipinski definition) is 8. The van der Waals surface area contributed by atoms with E-state index >= 15 is 0 Å². The third-order valence-corrected chi connectivity index (χ3v) is 9.14. The van der Waals surface area contributed by atoms with Crippen LogP contribution in [0.3, 0.4) is 0 Å². The number of rotatable bonds is 20. The summed E-state index contributed by atoms with van der Waals surface area (Å²) in [5, 5.41) is 14.8. The van der Waals surface area contributed by atoms with Crippen molar-refractivity contribution in [1.29, 1.82) is 0 Å². The minimum Gasteiger partial charge on any atom is -0.385 e. The molecule has 9 heteroatoms. The van der Waals surface area contributed by atoms with Crippen LogP contribution in [0.1, 0.15) is 147 Å². The highest BCUT2D eigenvalue weighted by Gasteiger charge is 2.12. The predicted molar refractivity (Wildman–Crippen MR) is 268 cm³/mol. The second-order valence-electron chi connectivity index (χ2n) is 12.5. The molecule has 340 valence electrons. The molecule has 0 unspecified atom stereocenters. The van der Waals surface area contributed by atoms with Crippen LogP contribution in [0, 0.1) is 0 Å². The topological polar surface area (TPSA) is 103 Å². The summed E-state index contributed by atoms with van der Waals surface area (Å²) in [6, 6.07) is 8.40. The van der Waals surface area contributed by atoms with Gasteiger partial charge < -0.3 is 25.8 Å². The minimum atomic E-state index is 0.560. The van der Waals surface area contributed by atoms with Crippen LogP contribution in [0.2, 0.25) is 0 Å². The van der Waals surface area contributed by atoms with E-state index in [1.165, 1.54) is 107 Å². The molecular formula is C49H97N7OS. The van der Waals surface area contributed by atoms with Crippen molar-refractivity contribution in [3.8, 4) is 0 Å². The van der Waals surface area contributed by atoms with Crippen LogP contribution in [-0.2, 0) is 13.0 Å². The van der Waals surface area contributed by atoms with Gasteiger partial charge in [0.25, 0.3) is 0 Å². The Kier molecular flexibility index (Phi) is 57.9. The number of nitrogens with one attached hydrogen (secondary N) is 3. The Balaban J connectivity index is -0.000000233. The molecule has 1 aliphatic carbocycles. The summed E-state index contributed by atoms with van der Waals surface area (Å²) in [5.74, 6) is 2.48. The Bertz CT molecular complexity index is 1250. The molecule has 0 bridgehead atoms. The number of likely N-dealkylation sites (N-methyl/N-ethyl adjacent to an activating group) is 1. The second kappa shape index (κ2) is 52.2. The number of thioether (sulfide) groups is 1. The maximum Gasteiger partial charge on any atom is 0.109 e. The number of nitrogens with zero attached hydrogens (tertiary/aromatic N) is 3. The van der Waals surface area contributed by atoms with Gasteiger partial charge in [0.2, 0.25) is 0 Å². The molecule has 1 aromatic heterocycles. The molecule has 8 nitrogen and oxygen atoms in total. The summed E-state index contributed by atoms with van der Waals surface area (Å²) in [6.07, 6.45) is 22.6. The molecule has 0 amide bonds. The Morgan fingerprint density at radius 3 is 2.07 bits per heavy atom. The number of aryl methyl sites for hydroxylation is 1. The Morgan fingerprint density at radius 2 is 1.59 bits per heavy atom.